The van der Waals surface area contributed by atoms with Crippen molar-refractivity contribution in [3.05, 3.63) is 53.3 Å². The number of halogens is 1. The molecule has 1 aliphatic heterocycles. The molecule has 1 fully saturated rings. The standard InChI is InChI=1S/C21H22FN3OS/c1-13-3-6-18-19(11-13)27-21(24-18)25-9-7-15(8-10-25)20(26)23-16-5-4-14(2)17(22)12-16/h3-6,11-12,15H,7-10H2,1-2H3,(H,23,26). The van der Waals surface area contributed by atoms with Crippen LogP contribution in [-0.2, 0) is 4.79 Å². The summed E-state index contributed by atoms with van der Waals surface area (Å²) in [6, 6.07) is 11.1. The highest BCUT2D eigenvalue weighted by atomic mass is 32.1. The maximum Gasteiger partial charge on any atom is 0.227 e. The first-order valence-corrected chi connectivity index (χ1v) is 10.0. The summed E-state index contributed by atoms with van der Waals surface area (Å²) in [5.74, 6) is -0.381. The van der Waals surface area contributed by atoms with E-state index in [-0.39, 0.29) is 17.6 Å². The molecule has 140 valence electrons. The minimum absolute atomic E-state index is 0.0298. The van der Waals surface area contributed by atoms with Crippen molar-refractivity contribution in [2.24, 2.45) is 5.92 Å². The Bertz CT molecular complexity index is 992. The van der Waals surface area contributed by atoms with Gasteiger partial charge in [-0.05, 0) is 62.1 Å². The van der Waals surface area contributed by atoms with Crippen molar-refractivity contribution in [3.63, 3.8) is 0 Å². The lowest BCUT2D eigenvalue weighted by Gasteiger charge is -2.31. The number of anilines is 2. The molecule has 27 heavy (non-hydrogen) atoms. The number of rotatable bonds is 3. The van der Waals surface area contributed by atoms with Crippen LogP contribution in [0, 0.1) is 25.6 Å². The Hall–Kier alpha value is -2.47. The van der Waals surface area contributed by atoms with Gasteiger partial charge in [-0.2, -0.15) is 0 Å². The third-order valence-corrected chi connectivity index (χ3v) is 6.19. The van der Waals surface area contributed by atoms with Crippen molar-refractivity contribution >= 4 is 38.3 Å². The molecule has 1 N–H and O–H groups in total. The van der Waals surface area contributed by atoms with E-state index >= 15 is 0 Å². The highest BCUT2D eigenvalue weighted by Gasteiger charge is 2.26. The molecular formula is C21H22FN3OS. The predicted octanol–water partition coefficient (Wildman–Crippen LogP) is 4.91. The second-order valence-electron chi connectivity index (χ2n) is 7.18. The number of aryl methyl sites for hydroxylation is 2. The Balaban J connectivity index is 1.38. The molecule has 2 aromatic carbocycles. The van der Waals surface area contributed by atoms with E-state index in [4.69, 9.17) is 4.98 Å². The van der Waals surface area contributed by atoms with Gasteiger partial charge in [-0.3, -0.25) is 4.79 Å². The summed E-state index contributed by atoms with van der Waals surface area (Å²) in [7, 11) is 0. The zero-order valence-corrected chi connectivity index (χ0v) is 16.3. The van der Waals surface area contributed by atoms with Crippen LogP contribution in [0.4, 0.5) is 15.2 Å². The van der Waals surface area contributed by atoms with Crippen LogP contribution >= 0.6 is 11.3 Å². The number of carbonyl (C=O) groups excluding carboxylic acids is 1. The van der Waals surface area contributed by atoms with Gasteiger partial charge in [-0.1, -0.05) is 23.5 Å². The van der Waals surface area contributed by atoms with E-state index < -0.39 is 0 Å². The van der Waals surface area contributed by atoms with Gasteiger partial charge in [0.25, 0.3) is 0 Å². The van der Waals surface area contributed by atoms with Crippen LogP contribution in [0.1, 0.15) is 24.0 Å². The van der Waals surface area contributed by atoms with Gasteiger partial charge in [-0.25, -0.2) is 9.37 Å². The number of carbonyl (C=O) groups is 1. The summed E-state index contributed by atoms with van der Waals surface area (Å²) in [4.78, 5) is 19.5. The summed E-state index contributed by atoms with van der Waals surface area (Å²) >= 11 is 1.71. The van der Waals surface area contributed by atoms with Crippen LogP contribution in [0.2, 0.25) is 0 Å². The summed E-state index contributed by atoms with van der Waals surface area (Å²) in [5.41, 5.74) is 3.36. The fourth-order valence-corrected chi connectivity index (χ4v) is 4.52. The number of benzene rings is 2. The monoisotopic (exact) mass is 383 g/mol. The predicted molar refractivity (Wildman–Crippen MR) is 109 cm³/mol. The summed E-state index contributed by atoms with van der Waals surface area (Å²) in [6.45, 7) is 5.40. The van der Waals surface area contributed by atoms with E-state index in [1.165, 1.54) is 16.3 Å². The van der Waals surface area contributed by atoms with Gasteiger partial charge in [0, 0.05) is 24.7 Å². The molecule has 1 aliphatic rings. The Morgan fingerprint density at radius 2 is 1.96 bits per heavy atom. The van der Waals surface area contributed by atoms with Crippen LogP contribution in [-0.4, -0.2) is 24.0 Å². The fourth-order valence-electron chi connectivity index (χ4n) is 3.40. The lowest BCUT2D eigenvalue weighted by molar-refractivity contribution is -0.120. The highest BCUT2D eigenvalue weighted by molar-refractivity contribution is 7.22. The van der Waals surface area contributed by atoms with Crippen LogP contribution in [0.15, 0.2) is 36.4 Å². The zero-order valence-electron chi connectivity index (χ0n) is 15.5. The fraction of sp³-hybridized carbons (Fsp3) is 0.333. The average molecular weight is 383 g/mol. The number of hydrogen-bond donors (Lipinski definition) is 1. The first-order chi connectivity index (χ1) is 13.0. The number of aromatic nitrogens is 1. The Morgan fingerprint density at radius 1 is 1.19 bits per heavy atom. The number of piperidine rings is 1. The number of nitrogens with zero attached hydrogens (tertiary/aromatic N) is 2. The largest absolute Gasteiger partial charge is 0.348 e. The summed E-state index contributed by atoms with van der Waals surface area (Å²) in [5, 5.41) is 3.87. The van der Waals surface area contributed by atoms with Gasteiger partial charge in [-0.15, -0.1) is 0 Å². The van der Waals surface area contributed by atoms with Crippen LogP contribution in [0.3, 0.4) is 0 Å². The van der Waals surface area contributed by atoms with E-state index in [2.05, 4.69) is 35.3 Å². The molecule has 1 amide bonds. The molecule has 0 radical (unpaired) electrons. The number of nitrogens with one attached hydrogen (secondary N) is 1. The average Bonchev–Trinajstić information content (AvgIpc) is 3.08. The smallest absolute Gasteiger partial charge is 0.227 e. The molecule has 0 spiro atoms. The van der Waals surface area contributed by atoms with E-state index in [0.717, 1.165) is 36.6 Å². The molecule has 0 bridgehead atoms. The SMILES string of the molecule is Cc1ccc2nc(N3CCC(C(=O)Nc4ccc(C)c(F)c4)CC3)sc2c1. The first-order valence-electron chi connectivity index (χ1n) is 9.19. The molecular weight excluding hydrogens is 361 g/mol. The number of thiazole rings is 1. The number of fused-ring (bicyclic) bond motifs is 1. The molecule has 6 heteroatoms. The normalized spacial score (nSPS) is 15.3. The van der Waals surface area contributed by atoms with Gasteiger partial charge in [0.1, 0.15) is 5.82 Å². The molecule has 0 aliphatic carbocycles. The van der Waals surface area contributed by atoms with Crippen LogP contribution in [0.25, 0.3) is 10.2 Å². The van der Waals surface area contributed by atoms with Crippen molar-refractivity contribution in [1.82, 2.24) is 4.98 Å². The zero-order chi connectivity index (χ0) is 19.0. The lowest BCUT2D eigenvalue weighted by atomic mass is 9.96. The molecule has 1 saturated heterocycles. The minimum atomic E-state index is -0.298. The third kappa shape index (κ3) is 3.81. The van der Waals surface area contributed by atoms with Crippen molar-refractivity contribution in [3.8, 4) is 0 Å². The molecule has 4 nitrogen and oxygen atoms in total. The quantitative estimate of drug-likeness (QED) is 0.699. The summed E-state index contributed by atoms with van der Waals surface area (Å²) in [6.07, 6.45) is 1.55. The lowest BCUT2D eigenvalue weighted by Crippen LogP contribution is -2.38. The van der Waals surface area contributed by atoms with E-state index in [0.29, 0.717) is 11.3 Å². The highest BCUT2D eigenvalue weighted by Crippen LogP contribution is 2.32. The molecule has 0 unspecified atom stereocenters. The van der Waals surface area contributed by atoms with Crippen molar-refractivity contribution in [2.45, 2.75) is 26.7 Å². The maximum absolute atomic E-state index is 13.7. The van der Waals surface area contributed by atoms with Crippen LogP contribution < -0.4 is 10.2 Å². The molecule has 4 rings (SSSR count). The Labute approximate surface area is 162 Å². The third-order valence-electron chi connectivity index (χ3n) is 5.11. The van der Waals surface area contributed by atoms with Crippen molar-refractivity contribution in [2.75, 3.05) is 23.3 Å². The Morgan fingerprint density at radius 3 is 2.70 bits per heavy atom. The molecule has 2 heterocycles. The van der Waals surface area contributed by atoms with Gasteiger partial charge >= 0.3 is 0 Å². The summed E-state index contributed by atoms with van der Waals surface area (Å²) < 4.78 is 14.9. The van der Waals surface area contributed by atoms with Crippen molar-refractivity contribution < 1.29 is 9.18 Å². The van der Waals surface area contributed by atoms with Gasteiger partial charge in [0.05, 0.1) is 10.2 Å². The molecule has 1 aromatic heterocycles. The molecule has 0 saturated carbocycles. The van der Waals surface area contributed by atoms with E-state index in [1.807, 2.05) is 0 Å². The number of amides is 1. The van der Waals surface area contributed by atoms with E-state index in [1.54, 1.807) is 30.4 Å². The van der Waals surface area contributed by atoms with Gasteiger partial charge in [0.2, 0.25) is 5.91 Å². The minimum Gasteiger partial charge on any atom is -0.348 e. The maximum atomic E-state index is 13.7. The second-order valence-corrected chi connectivity index (χ2v) is 8.19. The molecule has 3 aromatic rings. The Kier molecular flexibility index (Phi) is 4.83. The number of hydrogen-bond acceptors (Lipinski definition) is 4. The van der Waals surface area contributed by atoms with Gasteiger partial charge < -0.3 is 10.2 Å². The molecule has 0 atom stereocenters. The van der Waals surface area contributed by atoms with Crippen molar-refractivity contribution in [1.29, 1.82) is 0 Å². The van der Waals surface area contributed by atoms with Gasteiger partial charge in [0.15, 0.2) is 5.13 Å². The van der Waals surface area contributed by atoms with Crippen LogP contribution in [0.5, 0.6) is 0 Å². The first kappa shape index (κ1) is 17.9. The van der Waals surface area contributed by atoms with E-state index in [9.17, 15) is 9.18 Å². The topological polar surface area (TPSA) is 45.2 Å². The second kappa shape index (κ2) is 7.27.